The molecule has 17 heavy (non-hydrogen) atoms. The summed E-state index contributed by atoms with van der Waals surface area (Å²) in [4.78, 5) is 25.5. The molecule has 1 aromatic heterocycles. The van der Waals surface area contributed by atoms with E-state index in [1.54, 1.807) is 0 Å². The number of aliphatic carboxylic acids is 1. The fraction of sp³-hybridized carbons (Fsp3) is 0.222. The number of pyridine rings is 1. The number of carboxylic acid groups (broad SMARTS) is 1. The summed E-state index contributed by atoms with van der Waals surface area (Å²) in [5.74, 6) is -3.12. The summed E-state index contributed by atoms with van der Waals surface area (Å²) in [6.45, 7) is -0.790. The van der Waals surface area contributed by atoms with Crippen molar-refractivity contribution in [3.8, 4) is 0 Å². The first-order chi connectivity index (χ1) is 7.95. The smallest absolute Gasteiger partial charge is 0.328 e. The van der Waals surface area contributed by atoms with E-state index in [0.29, 0.717) is 0 Å². The molecule has 1 atom stereocenters. The predicted molar refractivity (Wildman–Crippen MR) is 55.2 cm³/mol. The highest BCUT2D eigenvalue weighted by atomic mass is 35.5. The van der Waals surface area contributed by atoms with E-state index >= 15 is 0 Å². The van der Waals surface area contributed by atoms with Crippen LogP contribution in [0.15, 0.2) is 12.3 Å². The fourth-order valence-electron chi connectivity index (χ4n) is 1.00. The Hall–Kier alpha value is -1.73. The molecule has 0 bridgehead atoms. The molecule has 0 aliphatic rings. The molecular formula is C9H8ClFN2O4. The van der Waals surface area contributed by atoms with Crippen molar-refractivity contribution in [2.45, 2.75) is 6.04 Å². The van der Waals surface area contributed by atoms with E-state index in [0.717, 1.165) is 12.3 Å². The monoisotopic (exact) mass is 262 g/mol. The summed E-state index contributed by atoms with van der Waals surface area (Å²) in [7, 11) is 0. The van der Waals surface area contributed by atoms with Gasteiger partial charge < -0.3 is 15.5 Å². The molecule has 8 heteroatoms. The third-order valence-electron chi connectivity index (χ3n) is 1.84. The minimum absolute atomic E-state index is 0.258. The van der Waals surface area contributed by atoms with Crippen LogP contribution in [0.1, 0.15) is 10.4 Å². The third kappa shape index (κ3) is 3.36. The molecule has 0 fully saturated rings. The highest BCUT2D eigenvalue weighted by Gasteiger charge is 2.21. The standard InChI is InChI=1S/C9H8ClFN2O4/c10-7-5(1-4(11)2-12-7)8(15)13-6(3-14)9(16)17/h1-2,6,14H,3H2,(H,13,15)(H,16,17). The van der Waals surface area contributed by atoms with Crippen molar-refractivity contribution in [2.75, 3.05) is 6.61 Å². The first-order valence-corrected chi connectivity index (χ1v) is 4.79. The second-order valence-electron chi connectivity index (χ2n) is 3.04. The number of hydrogen-bond acceptors (Lipinski definition) is 4. The summed E-state index contributed by atoms with van der Waals surface area (Å²) >= 11 is 5.55. The van der Waals surface area contributed by atoms with Crippen LogP contribution in [0.3, 0.4) is 0 Å². The van der Waals surface area contributed by atoms with Gasteiger partial charge >= 0.3 is 5.97 Å². The van der Waals surface area contributed by atoms with Gasteiger partial charge in [-0.05, 0) is 6.07 Å². The van der Waals surface area contributed by atoms with Gasteiger partial charge in [-0.25, -0.2) is 14.2 Å². The quantitative estimate of drug-likeness (QED) is 0.666. The minimum atomic E-state index is -1.48. The molecule has 1 amide bonds. The molecule has 0 spiro atoms. The third-order valence-corrected chi connectivity index (χ3v) is 2.14. The maximum Gasteiger partial charge on any atom is 0.328 e. The summed E-state index contributed by atoms with van der Waals surface area (Å²) < 4.78 is 12.8. The Morgan fingerprint density at radius 1 is 1.59 bits per heavy atom. The number of nitrogens with zero attached hydrogens (tertiary/aromatic N) is 1. The first kappa shape index (κ1) is 13.3. The van der Waals surface area contributed by atoms with Crippen molar-refractivity contribution in [1.29, 1.82) is 0 Å². The van der Waals surface area contributed by atoms with E-state index in [4.69, 9.17) is 21.8 Å². The molecule has 0 aromatic carbocycles. The van der Waals surface area contributed by atoms with Crippen LogP contribution in [0.4, 0.5) is 4.39 Å². The Labute approximate surface area is 100 Å². The van der Waals surface area contributed by atoms with Crippen LogP contribution in [-0.2, 0) is 4.79 Å². The van der Waals surface area contributed by atoms with Gasteiger partial charge in [0.05, 0.1) is 18.4 Å². The second-order valence-corrected chi connectivity index (χ2v) is 3.40. The number of carbonyl (C=O) groups is 2. The summed E-state index contributed by atoms with van der Waals surface area (Å²) in [6, 6.07) is -0.664. The SMILES string of the molecule is O=C(NC(CO)C(=O)O)c1cc(F)cnc1Cl. The molecule has 1 unspecified atom stereocenters. The number of carboxylic acids is 1. The van der Waals surface area contributed by atoms with Crippen molar-refractivity contribution in [1.82, 2.24) is 10.3 Å². The number of aliphatic hydroxyl groups excluding tert-OH is 1. The number of hydrogen-bond donors (Lipinski definition) is 3. The van der Waals surface area contributed by atoms with Crippen LogP contribution in [0.5, 0.6) is 0 Å². The maximum absolute atomic E-state index is 12.8. The number of amides is 1. The van der Waals surface area contributed by atoms with Crippen LogP contribution >= 0.6 is 11.6 Å². The largest absolute Gasteiger partial charge is 0.480 e. The molecule has 1 heterocycles. The van der Waals surface area contributed by atoms with Gasteiger partial charge in [0.2, 0.25) is 0 Å². The topological polar surface area (TPSA) is 99.5 Å². The highest BCUT2D eigenvalue weighted by molar-refractivity contribution is 6.32. The number of carbonyl (C=O) groups excluding carboxylic acids is 1. The van der Waals surface area contributed by atoms with Crippen LogP contribution in [0.25, 0.3) is 0 Å². The number of aromatic nitrogens is 1. The Morgan fingerprint density at radius 2 is 2.24 bits per heavy atom. The number of nitrogens with one attached hydrogen (secondary N) is 1. The van der Waals surface area contributed by atoms with Gasteiger partial charge in [-0.3, -0.25) is 4.79 Å². The molecular weight excluding hydrogens is 255 g/mol. The van der Waals surface area contributed by atoms with Crippen molar-refractivity contribution in [3.05, 3.63) is 28.8 Å². The number of aliphatic hydroxyl groups is 1. The molecule has 0 saturated heterocycles. The Kier molecular flexibility index (Phi) is 4.36. The van der Waals surface area contributed by atoms with Crippen LogP contribution in [0.2, 0.25) is 5.15 Å². The second kappa shape index (κ2) is 5.55. The molecule has 0 aliphatic carbocycles. The lowest BCUT2D eigenvalue weighted by Crippen LogP contribution is -2.43. The van der Waals surface area contributed by atoms with E-state index in [-0.39, 0.29) is 10.7 Å². The van der Waals surface area contributed by atoms with Gasteiger partial charge in [0, 0.05) is 0 Å². The predicted octanol–water partition coefficient (Wildman–Crippen LogP) is 0.0494. The average Bonchev–Trinajstić information content (AvgIpc) is 2.28. The zero-order chi connectivity index (χ0) is 13.0. The molecule has 1 rings (SSSR count). The molecule has 92 valence electrons. The lowest BCUT2D eigenvalue weighted by atomic mass is 10.2. The van der Waals surface area contributed by atoms with Crippen molar-refractivity contribution in [3.63, 3.8) is 0 Å². The molecule has 0 saturated carbocycles. The van der Waals surface area contributed by atoms with Crippen molar-refractivity contribution < 1.29 is 24.2 Å². The van der Waals surface area contributed by atoms with Crippen LogP contribution in [-0.4, -0.2) is 39.7 Å². The summed E-state index contributed by atoms with van der Waals surface area (Å²) in [5.41, 5.74) is -0.300. The molecule has 3 N–H and O–H groups in total. The zero-order valence-corrected chi connectivity index (χ0v) is 9.11. The van der Waals surface area contributed by atoms with Crippen LogP contribution < -0.4 is 5.32 Å². The van der Waals surface area contributed by atoms with E-state index < -0.39 is 30.3 Å². The van der Waals surface area contributed by atoms with E-state index in [1.807, 2.05) is 5.32 Å². The zero-order valence-electron chi connectivity index (χ0n) is 8.35. The first-order valence-electron chi connectivity index (χ1n) is 4.41. The van der Waals surface area contributed by atoms with Gasteiger partial charge in [0.15, 0.2) is 6.04 Å². The minimum Gasteiger partial charge on any atom is -0.480 e. The average molecular weight is 263 g/mol. The fourth-order valence-corrected chi connectivity index (χ4v) is 1.19. The maximum atomic E-state index is 12.8. The molecule has 0 radical (unpaired) electrons. The Balaban J connectivity index is 2.89. The van der Waals surface area contributed by atoms with Gasteiger partial charge in [0.25, 0.3) is 5.91 Å². The van der Waals surface area contributed by atoms with Crippen molar-refractivity contribution >= 4 is 23.5 Å². The summed E-state index contributed by atoms with van der Waals surface area (Å²) in [6.07, 6.45) is 0.819. The summed E-state index contributed by atoms with van der Waals surface area (Å²) in [5, 5.41) is 19.0. The highest BCUT2D eigenvalue weighted by Crippen LogP contribution is 2.13. The lowest BCUT2D eigenvalue weighted by Gasteiger charge is -2.11. The molecule has 1 aromatic rings. The molecule has 0 aliphatic heterocycles. The number of halogens is 2. The lowest BCUT2D eigenvalue weighted by molar-refractivity contribution is -0.140. The van der Waals surface area contributed by atoms with Gasteiger partial charge in [0.1, 0.15) is 11.0 Å². The normalized spacial score (nSPS) is 11.9. The van der Waals surface area contributed by atoms with Gasteiger partial charge in [-0.2, -0.15) is 0 Å². The van der Waals surface area contributed by atoms with E-state index in [1.165, 1.54) is 0 Å². The van der Waals surface area contributed by atoms with Crippen LogP contribution in [0, 0.1) is 5.82 Å². The van der Waals surface area contributed by atoms with Gasteiger partial charge in [-0.15, -0.1) is 0 Å². The van der Waals surface area contributed by atoms with Crippen molar-refractivity contribution in [2.24, 2.45) is 0 Å². The van der Waals surface area contributed by atoms with E-state index in [9.17, 15) is 14.0 Å². The Bertz CT molecular complexity index is 455. The van der Waals surface area contributed by atoms with E-state index in [2.05, 4.69) is 4.98 Å². The number of rotatable bonds is 4. The molecule has 6 nitrogen and oxygen atoms in total. The Morgan fingerprint density at radius 3 is 2.76 bits per heavy atom. The van der Waals surface area contributed by atoms with Gasteiger partial charge in [-0.1, -0.05) is 11.6 Å².